The third-order valence-electron chi connectivity index (χ3n) is 4.16. The number of carbonyl (C=O) groups excluding carboxylic acids is 1. The Hall–Kier alpha value is -1.26. The fourth-order valence-electron chi connectivity index (χ4n) is 2.62. The minimum absolute atomic E-state index is 0.105. The Morgan fingerprint density at radius 3 is 2.61 bits per heavy atom. The summed E-state index contributed by atoms with van der Waals surface area (Å²) in [7, 11) is 0. The van der Waals surface area contributed by atoms with Gasteiger partial charge in [-0.25, -0.2) is 9.59 Å². The van der Waals surface area contributed by atoms with Crippen molar-refractivity contribution in [1.29, 1.82) is 0 Å². The van der Waals surface area contributed by atoms with Crippen LogP contribution in [0.25, 0.3) is 0 Å². The Balaban J connectivity index is 2.08. The summed E-state index contributed by atoms with van der Waals surface area (Å²) in [6, 6.07) is -0.105. The average Bonchev–Trinajstić information content (AvgIpc) is 3.06. The van der Waals surface area contributed by atoms with Crippen molar-refractivity contribution in [1.82, 2.24) is 9.80 Å². The van der Waals surface area contributed by atoms with Gasteiger partial charge in [0.05, 0.1) is 0 Å². The third-order valence-corrected chi connectivity index (χ3v) is 4.16. The van der Waals surface area contributed by atoms with Crippen LogP contribution in [-0.4, -0.2) is 52.1 Å². The van der Waals surface area contributed by atoms with Gasteiger partial charge >= 0.3 is 12.0 Å². The number of amides is 2. The van der Waals surface area contributed by atoms with Crippen molar-refractivity contribution in [3.63, 3.8) is 0 Å². The molecule has 0 spiro atoms. The second-order valence-corrected chi connectivity index (χ2v) is 5.60. The van der Waals surface area contributed by atoms with E-state index in [1.165, 1.54) is 12.8 Å². The predicted molar refractivity (Wildman–Crippen MR) is 67.3 cm³/mol. The lowest BCUT2D eigenvalue weighted by molar-refractivity contribution is -0.147. The number of urea groups is 1. The lowest BCUT2D eigenvalue weighted by atomic mass is 10.00. The van der Waals surface area contributed by atoms with E-state index in [4.69, 9.17) is 0 Å². The number of carbonyl (C=O) groups is 2. The Kier molecular flexibility index (Phi) is 3.50. The molecule has 102 valence electrons. The van der Waals surface area contributed by atoms with Crippen LogP contribution < -0.4 is 0 Å². The van der Waals surface area contributed by atoms with Gasteiger partial charge in [0.25, 0.3) is 0 Å². The molecule has 2 amide bonds. The zero-order valence-corrected chi connectivity index (χ0v) is 11.2. The molecule has 1 unspecified atom stereocenters. The number of hydrogen-bond donors (Lipinski definition) is 1. The molecule has 1 saturated heterocycles. The van der Waals surface area contributed by atoms with Crippen molar-refractivity contribution in [3.05, 3.63) is 0 Å². The van der Waals surface area contributed by atoms with E-state index in [2.05, 4.69) is 0 Å². The molecule has 1 heterocycles. The van der Waals surface area contributed by atoms with E-state index in [0.29, 0.717) is 25.4 Å². The highest BCUT2D eigenvalue weighted by Gasteiger charge is 2.47. The molecule has 5 heteroatoms. The van der Waals surface area contributed by atoms with Crippen molar-refractivity contribution >= 4 is 12.0 Å². The molecule has 1 aliphatic heterocycles. The molecule has 0 aromatic heterocycles. The van der Waals surface area contributed by atoms with Crippen LogP contribution in [0, 0.1) is 5.92 Å². The molecule has 18 heavy (non-hydrogen) atoms. The first-order valence-corrected chi connectivity index (χ1v) is 6.79. The average molecular weight is 254 g/mol. The molecular weight excluding hydrogens is 232 g/mol. The summed E-state index contributed by atoms with van der Waals surface area (Å²) in [5.41, 5.74) is -1.02. The van der Waals surface area contributed by atoms with Crippen molar-refractivity contribution in [2.75, 3.05) is 19.6 Å². The lowest BCUT2D eigenvalue weighted by Crippen LogP contribution is -2.55. The summed E-state index contributed by atoms with van der Waals surface area (Å²) in [6.07, 6.45) is 3.71. The van der Waals surface area contributed by atoms with Gasteiger partial charge in [-0.1, -0.05) is 0 Å². The molecule has 1 aliphatic carbocycles. The first kappa shape index (κ1) is 13.2. The Morgan fingerprint density at radius 1 is 1.44 bits per heavy atom. The summed E-state index contributed by atoms with van der Waals surface area (Å²) in [4.78, 5) is 27.2. The van der Waals surface area contributed by atoms with Crippen molar-refractivity contribution in [2.24, 2.45) is 5.92 Å². The molecule has 2 rings (SSSR count). The molecule has 1 atom stereocenters. The van der Waals surface area contributed by atoms with Crippen LogP contribution in [0.3, 0.4) is 0 Å². The van der Waals surface area contributed by atoms with Crippen molar-refractivity contribution in [3.8, 4) is 0 Å². The van der Waals surface area contributed by atoms with E-state index in [-0.39, 0.29) is 6.03 Å². The van der Waals surface area contributed by atoms with E-state index < -0.39 is 11.5 Å². The molecule has 2 fully saturated rings. The molecule has 2 aliphatic rings. The van der Waals surface area contributed by atoms with E-state index >= 15 is 0 Å². The highest BCUT2D eigenvalue weighted by atomic mass is 16.4. The normalized spacial score (nSPS) is 27.3. The minimum atomic E-state index is -1.02. The van der Waals surface area contributed by atoms with Gasteiger partial charge in [0.1, 0.15) is 5.54 Å². The number of carboxylic acid groups (broad SMARTS) is 1. The first-order valence-electron chi connectivity index (χ1n) is 6.79. The molecule has 0 radical (unpaired) electrons. The maximum Gasteiger partial charge on any atom is 0.329 e. The maximum atomic E-state index is 12.4. The lowest BCUT2D eigenvalue weighted by Gasteiger charge is -2.35. The van der Waals surface area contributed by atoms with E-state index in [1.807, 2.05) is 6.92 Å². The van der Waals surface area contributed by atoms with Crippen LogP contribution in [0.5, 0.6) is 0 Å². The molecule has 1 saturated carbocycles. The topological polar surface area (TPSA) is 60.9 Å². The number of likely N-dealkylation sites (tertiary alicyclic amines) is 1. The van der Waals surface area contributed by atoms with E-state index in [1.54, 1.807) is 16.7 Å². The number of aliphatic carboxylic acids is 1. The first-order chi connectivity index (χ1) is 8.49. The molecular formula is C13H22N2O3. The SMILES string of the molecule is CCN(CC1CC1)C(=O)N1CCCC1(C)C(=O)O. The van der Waals surface area contributed by atoms with Gasteiger partial charge in [0, 0.05) is 19.6 Å². The minimum Gasteiger partial charge on any atom is -0.480 e. The van der Waals surface area contributed by atoms with Crippen LogP contribution in [-0.2, 0) is 4.79 Å². The van der Waals surface area contributed by atoms with Crippen molar-refractivity contribution in [2.45, 2.75) is 45.1 Å². The smallest absolute Gasteiger partial charge is 0.329 e. The van der Waals surface area contributed by atoms with E-state index in [9.17, 15) is 14.7 Å². The number of hydrogen-bond acceptors (Lipinski definition) is 2. The van der Waals surface area contributed by atoms with Gasteiger partial charge in [0.15, 0.2) is 0 Å². The van der Waals surface area contributed by atoms with Crippen LogP contribution in [0.2, 0.25) is 0 Å². The summed E-state index contributed by atoms with van der Waals surface area (Å²) in [5, 5.41) is 9.33. The number of rotatable bonds is 4. The summed E-state index contributed by atoms with van der Waals surface area (Å²) >= 11 is 0. The summed E-state index contributed by atoms with van der Waals surface area (Å²) in [6.45, 7) is 5.60. The standard InChI is InChI=1S/C13H22N2O3/c1-3-14(9-10-5-6-10)12(18)15-8-4-7-13(15,2)11(16)17/h10H,3-9H2,1-2H3,(H,16,17). The van der Waals surface area contributed by atoms with Gasteiger partial charge in [0.2, 0.25) is 0 Å². The quantitative estimate of drug-likeness (QED) is 0.831. The van der Waals surface area contributed by atoms with Gasteiger partial charge in [-0.05, 0) is 45.4 Å². The highest BCUT2D eigenvalue weighted by Crippen LogP contribution is 2.33. The molecule has 0 aromatic rings. The number of nitrogens with zero attached hydrogens (tertiary/aromatic N) is 2. The zero-order valence-electron chi connectivity index (χ0n) is 11.2. The fourth-order valence-corrected chi connectivity index (χ4v) is 2.62. The zero-order chi connectivity index (χ0) is 13.3. The van der Waals surface area contributed by atoms with Gasteiger partial charge in [-0.15, -0.1) is 0 Å². The molecule has 0 bridgehead atoms. The van der Waals surface area contributed by atoms with Gasteiger partial charge in [-0.2, -0.15) is 0 Å². The second-order valence-electron chi connectivity index (χ2n) is 5.60. The summed E-state index contributed by atoms with van der Waals surface area (Å²) < 4.78 is 0. The highest BCUT2D eigenvalue weighted by molar-refractivity contribution is 5.86. The second kappa shape index (κ2) is 4.78. The Bertz CT molecular complexity index is 354. The van der Waals surface area contributed by atoms with E-state index in [0.717, 1.165) is 13.0 Å². The van der Waals surface area contributed by atoms with Crippen LogP contribution in [0.4, 0.5) is 4.79 Å². The fraction of sp³-hybridized carbons (Fsp3) is 0.846. The third kappa shape index (κ3) is 2.31. The monoisotopic (exact) mass is 254 g/mol. The largest absolute Gasteiger partial charge is 0.480 e. The molecule has 0 aromatic carbocycles. The molecule has 5 nitrogen and oxygen atoms in total. The van der Waals surface area contributed by atoms with Gasteiger partial charge in [-0.3, -0.25) is 0 Å². The van der Waals surface area contributed by atoms with Gasteiger partial charge < -0.3 is 14.9 Å². The van der Waals surface area contributed by atoms with Crippen molar-refractivity contribution < 1.29 is 14.7 Å². The van der Waals surface area contributed by atoms with Crippen LogP contribution in [0.1, 0.15) is 39.5 Å². The van der Waals surface area contributed by atoms with Crippen LogP contribution in [0.15, 0.2) is 0 Å². The Labute approximate surface area is 108 Å². The van der Waals surface area contributed by atoms with Crippen LogP contribution >= 0.6 is 0 Å². The maximum absolute atomic E-state index is 12.4. The predicted octanol–water partition coefficient (Wildman–Crippen LogP) is 1.78. The number of carboxylic acids is 1. The molecule has 1 N–H and O–H groups in total. The Morgan fingerprint density at radius 2 is 2.11 bits per heavy atom. The summed E-state index contributed by atoms with van der Waals surface area (Å²) in [5.74, 6) is -0.261.